The Labute approximate surface area is 85.1 Å². The molecule has 0 saturated carbocycles. The van der Waals surface area contributed by atoms with Gasteiger partial charge in [0.2, 0.25) is 0 Å². The van der Waals surface area contributed by atoms with Crippen molar-refractivity contribution in [1.29, 1.82) is 0 Å². The van der Waals surface area contributed by atoms with Crippen LogP contribution in [0.4, 0.5) is 0 Å². The van der Waals surface area contributed by atoms with Crippen LogP contribution in [0, 0.1) is 0 Å². The maximum atomic E-state index is 11.4. The van der Waals surface area contributed by atoms with Crippen LogP contribution in [0.5, 0.6) is 0 Å². The minimum absolute atomic E-state index is 0.0208. The van der Waals surface area contributed by atoms with Crippen molar-refractivity contribution in [3.63, 3.8) is 0 Å². The first-order chi connectivity index (χ1) is 6.74. The molecule has 1 rings (SSSR count). The van der Waals surface area contributed by atoms with Crippen molar-refractivity contribution in [3.05, 3.63) is 12.2 Å². The summed E-state index contributed by atoms with van der Waals surface area (Å²) in [5, 5.41) is 0. The summed E-state index contributed by atoms with van der Waals surface area (Å²) in [6.07, 6.45) is 6.14. The minimum Gasteiger partial charge on any atom is -0.464 e. The molecule has 0 unspecified atom stereocenters. The zero-order valence-electron chi connectivity index (χ0n) is 8.86. The molecule has 0 N–H and O–H groups in total. The number of esters is 1. The molecule has 0 aromatic carbocycles. The van der Waals surface area contributed by atoms with Crippen LogP contribution in [0.2, 0.25) is 0 Å². The lowest BCUT2D eigenvalue weighted by Gasteiger charge is -2.21. The van der Waals surface area contributed by atoms with E-state index in [4.69, 9.17) is 9.47 Å². The molecule has 0 aromatic heterocycles. The van der Waals surface area contributed by atoms with Crippen LogP contribution < -0.4 is 0 Å². The van der Waals surface area contributed by atoms with Gasteiger partial charge in [0.05, 0.1) is 12.7 Å². The van der Waals surface area contributed by atoms with Crippen LogP contribution in [0.25, 0.3) is 0 Å². The van der Waals surface area contributed by atoms with Gasteiger partial charge in [0.25, 0.3) is 0 Å². The van der Waals surface area contributed by atoms with Gasteiger partial charge in [-0.3, -0.25) is 0 Å². The molecule has 0 aliphatic carbocycles. The fourth-order valence-electron chi connectivity index (χ4n) is 1.32. The largest absolute Gasteiger partial charge is 0.464 e. The molecule has 0 spiro atoms. The van der Waals surface area contributed by atoms with Gasteiger partial charge >= 0.3 is 5.97 Å². The smallest absolute Gasteiger partial charge is 0.335 e. The minimum atomic E-state index is -0.396. The van der Waals surface area contributed by atoms with Gasteiger partial charge in [-0.15, -0.1) is 0 Å². The van der Waals surface area contributed by atoms with Gasteiger partial charge in [0, 0.05) is 6.42 Å². The van der Waals surface area contributed by atoms with Crippen LogP contribution in [0.1, 0.15) is 33.1 Å². The molecule has 0 aromatic rings. The fourth-order valence-corrected chi connectivity index (χ4v) is 1.32. The Hall–Kier alpha value is -0.830. The number of hydrogen-bond donors (Lipinski definition) is 0. The van der Waals surface area contributed by atoms with E-state index in [0.29, 0.717) is 13.0 Å². The van der Waals surface area contributed by atoms with Crippen molar-refractivity contribution >= 4 is 5.97 Å². The summed E-state index contributed by atoms with van der Waals surface area (Å²) in [4.78, 5) is 11.4. The van der Waals surface area contributed by atoms with Gasteiger partial charge in [0.1, 0.15) is 0 Å². The van der Waals surface area contributed by atoms with Gasteiger partial charge in [-0.2, -0.15) is 0 Å². The van der Waals surface area contributed by atoms with Crippen molar-refractivity contribution in [2.75, 3.05) is 6.61 Å². The summed E-state index contributed by atoms with van der Waals surface area (Å²) in [5.74, 6) is -0.227. The molecule has 0 bridgehead atoms. The molecule has 1 aliphatic heterocycles. The zero-order valence-corrected chi connectivity index (χ0v) is 8.86. The topological polar surface area (TPSA) is 35.5 Å². The summed E-state index contributed by atoms with van der Waals surface area (Å²) >= 11 is 0. The van der Waals surface area contributed by atoms with E-state index in [2.05, 4.69) is 6.92 Å². The summed E-state index contributed by atoms with van der Waals surface area (Å²) in [6.45, 7) is 4.49. The molecular weight excluding hydrogens is 180 g/mol. The number of carbonyl (C=O) groups excluding carboxylic acids is 1. The van der Waals surface area contributed by atoms with Gasteiger partial charge in [0.15, 0.2) is 6.10 Å². The highest BCUT2D eigenvalue weighted by Gasteiger charge is 2.23. The average molecular weight is 198 g/mol. The van der Waals surface area contributed by atoms with Crippen LogP contribution in [0.15, 0.2) is 12.2 Å². The molecule has 0 fully saturated rings. The Balaban J connectivity index is 2.27. The molecule has 3 nitrogen and oxygen atoms in total. The molecule has 0 saturated heterocycles. The van der Waals surface area contributed by atoms with E-state index in [-0.39, 0.29) is 12.1 Å². The molecule has 1 aliphatic rings. The summed E-state index contributed by atoms with van der Waals surface area (Å²) < 4.78 is 10.5. The predicted molar refractivity (Wildman–Crippen MR) is 54.0 cm³/mol. The SMILES string of the molecule is CCCCOC(=O)[C@H]1CC=C[C@H](C)O1. The second-order valence-electron chi connectivity index (χ2n) is 3.51. The number of rotatable bonds is 4. The monoisotopic (exact) mass is 198 g/mol. The van der Waals surface area contributed by atoms with E-state index in [0.717, 1.165) is 12.8 Å². The summed E-state index contributed by atoms with van der Waals surface area (Å²) in [6, 6.07) is 0. The Morgan fingerprint density at radius 3 is 3.07 bits per heavy atom. The van der Waals surface area contributed by atoms with Crippen molar-refractivity contribution in [1.82, 2.24) is 0 Å². The van der Waals surface area contributed by atoms with Gasteiger partial charge in [-0.25, -0.2) is 4.79 Å². The molecule has 14 heavy (non-hydrogen) atoms. The fraction of sp³-hybridized carbons (Fsp3) is 0.727. The maximum absolute atomic E-state index is 11.4. The van der Waals surface area contributed by atoms with E-state index in [1.807, 2.05) is 19.1 Å². The lowest BCUT2D eigenvalue weighted by atomic mass is 10.1. The van der Waals surface area contributed by atoms with Crippen molar-refractivity contribution in [3.8, 4) is 0 Å². The first-order valence-corrected chi connectivity index (χ1v) is 5.22. The number of hydrogen-bond acceptors (Lipinski definition) is 3. The van der Waals surface area contributed by atoms with E-state index >= 15 is 0 Å². The van der Waals surface area contributed by atoms with Gasteiger partial charge < -0.3 is 9.47 Å². The third-order valence-electron chi connectivity index (χ3n) is 2.14. The quantitative estimate of drug-likeness (QED) is 0.394. The van der Waals surface area contributed by atoms with Crippen LogP contribution >= 0.6 is 0 Å². The highest BCUT2D eigenvalue weighted by molar-refractivity contribution is 5.75. The Bertz CT molecular complexity index is 211. The number of ether oxygens (including phenoxy) is 2. The van der Waals surface area contributed by atoms with Gasteiger partial charge in [-0.05, 0) is 13.3 Å². The molecule has 0 radical (unpaired) electrons. The van der Waals surface area contributed by atoms with E-state index in [1.165, 1.54) is 0 Å². The van der Waals surface area contributed by atoms with Crippen LogP contribution in [-0.2, 0) is 14.3 Å². The third kappa shape index (κ3) is 3.50. The lowest BCUT2D eigenvalue weighted by Crippen LogP contribution is -2.31. The van der Waals surface area contributed by atoms with Crippen molar-refractivity contribution in [2.45, 2.75) is 45.3 Å². The van der Waals surface area contributed by atoms with E-state index < -0.39 is 6.10 Å². The average Bonchev–Trinajstić information content (AvgIpc) is 2.18. The Morgan fingerprint density at radius 1 is 1.64 bits per heavy atom. The van der Waals surface area contributed by atoms with E-state index in [1.54, 1.807) is 0 Å². The molecule has 80 valence electrons. The Morgan fingerprint density at radius 2 is 2.43 bits per heavy atom. The first-order valence-electron chi connectivity index (χ1n) is 5.22. The second kappa shape index (κ2) is 5.81. The molecular formula is C11H18O3. The standard InChI is InChI=1S/C11H18O3/c1-3-4-8-13-11(12)10-7-5-6-9(2)14-10/h5-6,9-10H,3-4,7-8H2,1-2H3/t9-,10+/m0/s1. The normalized spacial score (nSPS) is 26.1. The molecule has 3 heteroatoms. The highest BCUT2D eigenvalue weighted by atomic mass is 16.6. The van der Waals surface area contributed by atoms with Crippen molar-refractivity contribution in [2.24, 2.45) is 0 Å². The summed E-state index contributed by atoms with van der Waals surface area (Å²) in [5.41, 5.74) is 0. The first kappa shape index (κ1) is 11.2. The Kier molecular flexibility index (Phi) is 4.66. The summed E-state index contributed by atoms with van der Waals surface area (Å²) in [7, 11) is 0. The molecule has 0 amide bonds. The van der Waals surface area contributed by atoms with Crippen molar-refractivity contribution < 1.29 is 14.3 Å². The van der Waals surface area contributed by atoms with Crippen LogP contribution in [0.3, 0.4) is 0 Å². The predicted octanol–water partition coefficient (Wildman–Crippen LogP) is 2.06. The van der Waals surface area contributed by atoms with E-state index in [9.17, 15) is 4.79 Å². The number of unbranched alkanes of at least 4 members (excludes halogenated alkanes) is 1. The highest BCUT2D eigenvalue weighted by Crippen LogP contribution is 2.13. The number of carbonyl (C=O) groups is 1. The van der Waals surface area contributed by atoms with Gasteiger partial charge in [-0.1, -0.05) is 25.5 Å². The lowest BCUT2D eigenvalue weighted by molar-refractivity contribution is -0.159. The zero-order chi connectivity index (χ0) is 10.4. The second-order valence-corrected chi connectivity index (χ2v) is 3.51. The van der Waals surface area contributed by atoms with Crippen LogP contribution in [-0.4, -0.2) is 24.8 Å². The third-order valence-corrected chi connectivity index (χ3v) is 2.14. The molecule has 1 heterocycles. The maximum Gasteiger partial charge on any atom is 0.335 e. The molecule has 2 atom stereocenters.